The zero-order valence-corrected chi connectivity index (χ0v) is 9.12. The molecule has 0 aromatic carbocycles. The lowest BCUT2D eigenvalue weighted by atomic mass is 10.1. The van der Waals surface area contributed by atoms with Crippen molar-refractivity contribution in [2.45, 2.75) is 19.8 Å². The van der Waals surface area contributed by atoms with Gasteiger partial charge in [-0.3, -0.25) is 0 Å². The first-order valence-electron chi connectivity index (χ1n) is 4.18. The standard InChI is InChI=1S/C9H10BrN3/c1-6(2)8-3-4-11-9-7(10)5-12-13(8)9/h3-6H,1-2H3. The van der Waals surface area contributed by atoms with Crippen molar-refractivity contribution in [1.82, 2.24) is 14.6 Å². The Kier molecular flexibility index (Phi) is 2.07. The van der Waals surface area contributed by atoms with E-state index in [1.165, 1.54) is 5.69 Å². The molecule has 68 valence electrons. The highest BCUT2D eigenvalue weighted by Crippen LogP contribution is 2.19. The normalized spacial score (nSPS) is 11.4. The fourth-order valence-electron chi connectivity index (χ4n) is 1.32. The average molecular weight is 240 g/mol. The van der Waals surface area contributed by atoms with Gasteiger partial charge in [-0.15, -0.1) is 0 Å². The van der Waals surface area contributed by atoms with Crippen LogP contribution in [0.5, 0.6) is 0 Å². The third kappa shape index (κ3) is 1.35. The summed E-state index contributed by atoms with van der Waals surface area (Å²) in [5, 5.41) is 4.25. The Balaban J connectivity index is 2.77. The fraction of sp³-hybridized carbons (Fsp3) is 0.333. The molecular weight excluding hydrogens is 230 g/mol. The zero-order chi connectivity index (χ0) is 9.42. The van der Waals surface area contributed by atoms with Gasteiger partial charge in [0.25, 0.3) is 0 Å². The summed E-state index contributed by atoms with van der Waals surface area (Å²) >= 11 is 3.40. The summed E-state index contributed by atoms with van der Waals surface area (Å²) < 4.78 is 2.81. The van der Waals surface area contributed by atoms with Gasteiger partial charge in [0, 0.05) is 11.9 Å². The van der Waals surface area contributed by atoms with E-state index in [0.717, 1.165) is 10.1 Å². The Morgan fingerprint density at radius 2 is 2.23 bits per heavy atom. The van der Waals surface area contributed by atoms with Gasteiger partial charge in [0.2, 0.25) is 0 Å². The molecule has 2 aromatic heterocycles. The van der Waals surface area contributed by atoms with Crippen LogP contribution >= 0.6 is 15.9 Å². The Bertz CT molecular complexity index is 433. The van der Waals surface area contributed by atoms with Crippen molar-refractivity contribution in [3.63, 3.8) is 0 Å². The summed E-state index contributed by atoms with van der Waals surface area (Å²) in [6, 6.07) is 2.00. The van der Waals surface area contributed by atoms with Gasteiger partial charge in [0.1, 0.15) is 0 Å². The van der Waals surface area contributed by atoms with Crippen molar-refractivity contribution < 1.29 is 0 Å². The molecule has 2 aromatic rings. The molecule has 0 amide bonds. The molecule has 0 saturated carbocycles. The number of hydrogen-bond acceptors (Lipinski definition) is 2. The molecule has 0 atom stereocenters. The molecule has 0 aliphatic carbocycles. The maximum Gasteiger partial charge on any atom is 0.169 e. The predicted octanol–water partition coefficient (Wildman–Crippen LogP) is 2.62. The van der Waals surface area contributed by atoms with E-state index >= 15 is 0 Å². The Labute approximate surface area is 84.9 Å². The van der Waals surface area contributed by atoms with Crippen LogP contribution in [0.3, 0.4) is 0 Å². The minimum absolute atomic E-state index is 0.456. The van der Waals surface area contributed by atoms with Gasteiger partial charge in [-0.1, -0.05) is 13.8 Å². The molecule has 0 saturated heterocycles. The predicted molar refractivity (Wildman–Crippen MR) is 54.8 cm³/mol. The van der Waals surface area contributed by atoms with Crippen LogP contribution < -0.4 is 0 Å². The second-order valence-electron chi connectivity index (χ2n) is 3.25. The Hall–Kier alpha value is -0.900. The highest BCUT2D eigenvalue weighted by molar-refractivity contribution is 9.10. The van der Waals surface area contributed by atoms with E-state index in [4.69, 9.17) is 0 Å². The molecule has 4 heteroatoms. The lowest BCUT2D eigenvalue weighted by molar-refractivity contribution is 0.749. The quantitative estimate of drug-likeness (QED) is 0.766. The van der Waals surface area contributed by atoms with Gasteiger partial charge in [0.05, 0.1) is 10.7 Å². The minimum atomic E-state index is 0.456. The molecule has 0 aliphatic heterocycles. The molecule has 2 rings (SSSR count). The SMILES string of the molecule is CC(C)c1ccnc2c(Br)cnn12. The van der Waals surface area contributed by atoms with Crippen LogP contribution in [0.25, 0.3) is 5.65 Å². The molecule has 0 fully saturated rings. The number of fused-ring (bicyclic) bond motifs is 1. The van der Waals surface area contributed by atoms with Crippen LogP contribution in [0.15, 0.2) is 22.9 Å². The summed E-state index contributed by atoms with van der Waals surface area (Å²) in [6.07, 6.45) is 3.59. The smallest absolute Gasteiger partial charge is 0.169 e. The molecule has 0 spiro atoms. The van der Waals surface area contributed by atoms with Crippen molar-refractivity contribution in [3.8, 4) is 0 Å². The maximum atomic E-state index is 4.25. The van der Waals surface area contributed by atoms with Crippen molar-refractivity contribution in [1.29, 1.82) is 0 Å². The van der Waals surface area contributed by atoms with Crippen LogP contribution in [0, 0.1) is 0 Å². The van der Waals surface area contributed by atoms with E-state index in [2.05, 4.69) is 39.9 Å². The Morgan fingerprint density at radius 3 is 2.92 bits per heavy atom. The van der Waals surface area contributed by atoms with Gasteiger partial charge in [-0.2, -0.15) is 5.10 Å². The monoisotopic (exact) mass is 239 g/mol. The summed E-state index contributed by atoms with van der Waals surface area (Å²) in [5.74, 6) is 0.456. The molecule has 0 radical (unpaired) electrons. The first-order valence-corrected chi connectivity index (χ1v) is 4.97. The van der Waals surface area contributed by atoms with Crippen molar-refractivity contribution in [2.24, 2.45) is 0 Å². The van der Waals surface area contributed by atoms with Gasteiger partial charge in [-0.25, -0.2) is 9.50 Å². The van der Waals surface area contributed by atoms with Gasteiger partial charge in [-0.05, 0) is 27.9 Å². The summed E-state index contributed by atoms with van der Waals surface area (Å²) in [4.78, 5) is 4.24. The number of hydrogen-bond donors (Lipinski definition) is 0. The van der Waals surface area contributed by atoms with Crippen LogP contribution in [-0.4, -0.2) is 14.6 Å². The summed E-state index contributed by atoms with van der Waals surface area (Å²) in [7, 11) is 0. The molecule has 0 aliphatic rings. The Morgan fingerprint density at radius 1 is 1.46 bits per heavy atom. The molecule has 3 nitrogen and oxygen atoms in total. The largest absolute Gasteiger partial charge is 0.236 e. The average Bonchev–Trinajstić information content (AvgIpc) is 2.48. The lowest BCUT2D eigenvalue weighted by Gasteiger charge is -2.06. The van der Waals surface area contributed by atoms with E-state index in [9.17, 15) is 0 Å². The first-order chi connectivity index (χ1) is 6.20. The fourth-order valence-corrected chi connectivity index (χ4v) is 1.68. The first kappa shape index (κ1) is 8.69. The van der Waals surface area contributed by atoms with Gasteiger partial charge >= 0.3 is 0 Å². The zero-order valence-electron chi connectivity index (χ0n) is 7.53. The van der Waals surface area contributed by atoms with Crippen molar-refractivity contribution in [3.05, 3.63) is 28.6 Å². The number of rotatable bonds is 1. The molecule has 2 heterocycles. The van der Waals surface area contributed by atoms with E-state index in [-0.39, 0.29) is 0 Å². The molecule has 0 unspecified atom stereocenters. The van der Waals surface area contributed by atoms with Crippen LogP contribution in [0.1, 0.15) is 25.5 Å². The molecule has 0 bridgehead atoms. The lowest BCUT2D eigenvalue weighted by Crippen LogP contribution is -2.01. The highest BCUT2D eigenvalue weighted by Gasteiger charge is 2.08. The number of halogens is 1. The van der Waals surface area contributed by atoms with Gasteiger partial charge in [0.15, 0.2) is 5.65 Å². The third-order valence-corrected chi connectivity index (χ3v) is 2.54. The second-order valence-corrected chi connectivity index (χ2v) is 4.11. The molecule has 0 N–H and O–H groups in total. The topological polar surface area (TPSA) is 30.2 Å². The van der Waals surface area contributed by atoms with E-state index in [1.54, 1.807) is 6.20 Å². The molecule has 13 heavy (non-hydrogen) atoms. The maximum absolute atomic E-state index is 4.25. The molecular formula is C9H10BrN3. The number of aromatic nitrogens is 3. The van der Waals surface area contributed by atoms with Crippen molar-refractivity contribution >= 4 is 21.6 Å². The number of nitrogens with zero attached hydrogens (tertiary/aromatic N) is 3. The van der Waals surface area contributed by atoms with Crippen LogP contribution in [0.2, 0.25) is 0 Å². The van der Waals surface area contributed by atoms with E-state index in [0.29, 0.717) is 5.92 Å². The van der Waals surface area contributed by atoms with E-state index in [1.807, 2.05) is 16.8 Å². The van der Waals surface area contributed by atoms with Crippen LogP contribution in [0.4, 0.5) is 0 Å². The summed E-state index contributed by atoms with van der Waals surface area (Å²) in [6.45, 7) is 4.29. The second kappa shape index (κ2) is 3.10. The third-order valence-electron chi connectivity index (χ3n) is 1.98. The van der Waals surface area contributed by atoms with E-state index < -0.39 is 0 Å². The summed E-state index contributed by atoms with van der Waals surface area (Å²) in [5.41, 5.74) is 2.06. The van der Waals surface area contributed by atoms with Gasteiger partial charge < -0.3 is 0 Å². The van der Waals surface area contributed by atoms with Crippen molar-refractivity contribution in [2.75, 3.05) is 0 Å². The minimum Gasteiger partial charge on any atom is -0.236 e. The highest BCUT2D eigenvalue weighted by atomic mass is 79.9. The van der Waals surface area contributed by atoms with Crippen LogP contribution in [-0.2, 0) is 0 Å².